The molecule has 1 atom stereocenters. The standard InChI is InChI=1S/C24H20O8/c1-9(25)3-13(26)4-11-5-14(27)6-12-7-15-20(23(31)18(11)12)24(32)19-16(22(15)30)8-17(28)10(2)21(19)29/h5-9,25,27-29,31H,3-4H2,1-2H3. The summed E-state index contributed by atoms with van der Waals surface area (Å²) in [5.74, 6) is -3.50. The van der Waals surface area contributed by atoms with Crippen molar-refractivity contribution in [2.24, 2.45) is 0 Å². The minimum absolute atomic E-state index is 0.0166. The van der Waals surface area contributed by atoms with Gasteiger partial charge in [0.05, 0.1) is 17.2 Å². The van der Waals surface area contributed by atoms with Crippen LogP contribution in [0, 0.1) is 6.92 Å². The highest BCUT2D eigenvalue weighted by atomic mass is 16.3. The number of aliphatic hydroxyl groups is 1. The van der Waals surface area contributed by atoms with Gasteiger partial charge in [-0.05, 0) is 49.1 Å². The highest BCUT2D eigenvalue weighted by molar-refractivity contribution is 6.32. The van der Waals surface area contributed by atoms with E-state index in [4.69, 9.17) is 0 Å². The van der Waals surface area contributed by atoms with Crippen LogP contribution in [0.25, 0.3) is 10.8 Å². The number of fused-ring (bicyclic) bond motifs is 3. The summed E-state index contributed by atoms with van der Waals surface area (Å²) in [5.41, 5.74) is -0.759. The molecule has 164 valence electrons. The van der Waals surface area contributed by atoms with E-state index >= 15 is 0 Å². The SMILES string of the molecule is Cc1c(O)cc2c(c1O)C(=O)c1c(cc3cc(O)cc(CC(=O)CC(C)O)c3c1O)C2=O. The highest BCUT2D eigenvalue weighted by Gasteiger charge is 2.37. The van der Waals surface area contributed by atoms with Gasteiger partial charge in [0.15, 0.2) is 5.78 Å². The third-order valence-corrected chi connectivity index (χ3v) is 5.66. The summed E-state index contributed by atoms with van der Waals surface area (Å²) >= 11 is 0. The number of rotatable bonds is 4. The number of carbonyl (C=O) groups excluding carboxylic acids is 3. The van der Waals surface area contributed by atoms with E-state index in [1.54, 1.807) is 0 Å². The first-order valence-electron chi connectivity index (χ1n) is 9.87. The number of Topliss-reactive ketones (excluding diaryl/α,β-unsaturated/α-hetero) is 1. The Bertz CT molecular complexity index is 1350. The Morgan fingerprint density at radius 3 is 2.19 bits per heavy atom. The summed E-state index contributed by atoms with van der Waals surface area (Å²) < 4.78 is 0. The molecule has 3 aromatic carbocycles. The largest absolute Gasteiger partial charge is 0.508 e. The van der Waals surface area contributed by atoms with Crippen molar-refractivity contribution in [3.05, 3.63) is 57.6 Å². The molecule has 0 heterocycles. The van der Waals surface area contributed by atoms with Crippen LogP contribution in [-0.2, 0) is 11.2 Å². The molecule has 1 unspecified atom stereocenters. The van der Waals surface area contributed by atoms with Crippen LogP contribution in [-0.4, -0.2) is 49.0 Å². The van der Waals surface area contributed by atoms with E-state index < -0.39 is 29.2 Å². The molecule has 4 rings (SSSR count). The monoisotopic (exact) mass is 436 g/mol. The normalized spacial score (nSPS) is 13.7. The molecule has 3 aromatic rings. The highest BCUT2D eigenvalue weighted by Crippen LogP contribution is 2.44. The van der Waals surface area contributed by atoms with Gasteiger partial charge in [-0.15, -0.1) is 0 Å². The van der Waals surface area contributed by atoms with Crippen LogP contribution in [0.5, 0.6) is 23.0 Å². The average molecular weight is 436 g/mol. The van der Waals surface area contributed by atoms with E-state index in [0.717, 1.165) is 6.07 Å². The summed E-state index contributed by atoms with van der Waals surface area (Å²) in [4.78, 5) is 38.6. The van der Waals surface area contributed by atoms with Crippen molar-refractivity contribution >= 4 is 28.1 Å². The minimum Gasteiger partial charge on any atom is -0.508 e. The molecule has 0 bridgehead atoms. The van der Waals surface area contributed by atoms with Gasteiger partial charge < -0.3 is 25.5 Å². The third kappa shape index (κ3) is 3.16. The van der Waals surface area contributed by atoms with E-state index in [-0.39, 0.29) is 74.3 Å². The maximum absolute atomic E-state index is 13.2. The molecule has 0 amide bonds. The second-order valence-corrected chi connectivity index (χ2v) is 8.07. The predicted molar refractivity (Wildman–Crippen MR) is 114 cm³/mol. The van der Waals surface area contributed by atoms with Gasteiger partial charge in [-0.25, -0.2) is 0 Å². The molecule has 0 radical (unpaired) electrons. The lowest BCUT2D eigenvalue weighted by Gasteiger charge is -2.22. The van der Waals surface area contributed by atoms with Crippen LogP contribution in [0.2, 0.25) is 0 Å². The van der Waals surface area contributed by atoms with Crippen molar-refractivity contribution in [1.82, 2.24) is 0 Å². The number of ketones is 3. The zero-order chi connectivity index (χ0) is 23.5. The quantitative estimate of drug-likeness (QED) is 0.327. The van der Waals surface area contributed by atoms with Crippen LogP contribution in [0.1, 0.15) is 56.3 Å². The summed E-state index contributed by atoms with van der Waals surface area (Å²) in [5, 5.41) is 51.4. The van der Waals surface area contributed by atoms with Crippen molar-refractivity contribution in [2.75, 3.05) is 0 Å². The van der Waals surface area contributed by atoms with Gasteiger partial charge in [-0.2, -0.15) is 0 Å². The fourth-order valence-corrected chi connectivity index (χ4v) is 4.19. The molecule has 0 aliphatic heterocycles. The maximum Gasteiger partial charge on any atom is 0.202 e. The number of hydrogen-bond donors (Lipinski definition) is 5. The first-order valence-corrected chi connectivity index (χ1v) is 9.87. The van der Waals surface area contributed by atoms with Gasteiger partial charge in [0, 0.05) is 34.9 Å². The zero-order valence-corrected chi connectivity index (χ0v) is 17.3. The molecule has 0 fully saturated rings. The fourth-order valence-electron chi connectivity index (χ4n) is 4.19. The number of benzene rings is 3. The van der Waals surface area contributed by atoms with Crippen LogP contribution in [0.4, 0.5) is 0 Å². The summed E-state index contributed by atoms with van der Waals surface area (Å²) in [6, 6.07) is 4.98. The molecule has 0 saturated carbocycles. The van der Waals surface area contributed by atoms with E-state index in [1.165, 1.54) is 32.0 Å². The Kier molecular flexibility index (Phi) is 4.90. The second kappa shape index (κ2) is 7.35. The molecule has 0 saturated heterocycles. The molecule has 8 heteroatoms. The maximum atomic E-state index is 13.2. The molecule has 1 aliphatic rings. The lowest BCUT2D eigenvalue weighted by Crippen LogP contribution is -2.22. The predicted octanol–water partition coefficient (Wildman–Crippen LogP) is 2.63. The number of aliphatic hydroxyl groups excluding tert-OH is 1. The Balaban J connectivity index is 1.99. The van der Waals surface area contributed by atoms with Crippen molar-refractivity contribution in [3.8, 4) is 23.0 Å². The van der Waals surface area contributed by atoms with Crippen LogP contribution >= 0.6 is 0 Å². The molecule has 0 spiro atoms. The number of hydrogen-bond acceptors (Lipinski definition) is 8. The van der Waals surface area contributed by atoms with Crippen LogP contribution in [0.3, 0.4) is 0 Å². The zero-order valence-electron chi connectivity index (χ0n) is 17.3. The second-order valence-electron chi connectivity index (χ2n) is 8.07. The molecular weight excluding hydrogens is 416 g/mol. The fraction of sp³-hybridized carbons (Fsp3) is 0.208. The molecule has 32 heavy (non-hydrogen) atoms. The number of aromatic hydroxyl groups is 4. The molecule has 1 aliphatic carbocycles. The van der Waals surface area contributed by atoms with Gasteiger partial charge in [0.2, 0.25) is 5.78 Å². The first-order chi connectivity index (χ1) is 15.0. The van der Waals surface area contributed by atoms with Gasteiger partial charge in [0.25, 0.3) is 0 Å². The van der Waals surface area contributed by atoms with E-state index in [0.29, 0.717) is 0 Å². The average Bonchev–Trinajstić information content (AvgIpc) is 2.68. The number of phenols is 4. The Hall–Kier alpha value is -3.91. The van der Waals surface area contributed by atoms with E-state index in [9.17, 15) is 39.9 Å². The Morgan fingerprint density at radius 2 is 1.53 bits per heavy atom. The number of carbonyl (C=O) groups is 3. The molecular formula is C24H20O8. The topological polar surface area (TPSA) is 152 Å². The minimum atomic E-state index is -0.870. The number of phenolic OH excluding ortho intramolecular Hbond substituents is 4. The van der Waals surface area contributed by atoms with Gasteiger partial charge in [-0.3, -0.25) is 14.4 Å². The smallest absolute Gasteiger partial charge is 0.202 e. The molecule has 8 nitrogen and oxygen atoms in total. The van der Waals surface area contributed by atoms with Crippen molar-refractivity contribution < 1.29 is 39.9 Å². The Morgan fingerprint density at radius 1 is 0.906 bits per heavy atom. The van der Waals surface area contributed by atoms with Crippen LogP contribution in [0.15, 0.2) is 24.3 Å². The van der Waals surface area contributed by atoms with Gasteiger partial charge in [0.1, 0.15) is 28.8 Å². The van der Waals surface area contributed by atoms with Crippen LogP contribution < -0.4 is 0 Å². The Labute approximate surface area is 182 Å². The molecule has 5 N–H and O–H groups in total. The lowest BCUT2D eigenvalue weighted by molar-refractivity contribution is -0.120. The summed E-state index contributed by atoms with van der Waals surface area (Å²) in [7, 11) is 0. The first kappa shape index (κ1) is 21.3. The van der Waals surface area contributed by atoms with Gasteiger partial charge >= 0.3 is 0 Å². The summed E-state index contributed by atoms with van der Waals surface area (Å²) in [6.07, 6.45) is -1.23. The summed E-state index contributed by atoms with van der Waals surface area (Å²) in [6.45, 7) is 2.84. The van der Waals surface area contributed by atoms with E-state index in [1.807, 2.05) is 0 Å². The van der Waals surface area contributed by atoms with Gasteiger partial charge in [-0.1, -0.05) is 0 Å². The van der Waals surface area contributed by atoms with Crippen molar-refractivity contribution in [2.45, 2.75) is 32.8 Å². The molecule has 0 aromatic heterocycles. The van der Waals surface area contributed by atoms with E-state index in [2.05, 4.69) is 0 Å². The lowest BCUT2D eigenvalue weighted by atomic mass is 9.80. The van der Waals surface area contributed by atoms with Crippen molar-refractivity contribution in [3.63, 3.8) is 0 Å². The van der Waals surface area contributed by atoms with Crippen molar-refractivity contribution in [1.29, 1.82) is 0 Å². The third-order valence-electron chi connectivity index (χ3n) is 5.66.